The first kappa shape index (κ1) is 20.3. The molecule has 2 aliphatic rings. The molecule has 5 nitrogen and oxygen atoms in total. The summed E-state index contributed by atoms with van der Waals surface area (Å²) in [5, 5.41) is 0.693. The number of hydrogen-bond acceptors (Lipinski definition) is 4. The molecular formula is C26H31N3O2. The van der Waals surface area contributed by atoms with Gasteiger partial charge in [0, 0.05) is 25.6 Å². The number of hydrogen-bond donors (Lipinski definition) is 0. The Morgan fingerprint density at radius 2 is 1.77 bits per heavy atom. The lowest BCUT2D eigenvalue weighted by molar-refractivity contribution is 0.0493. The summed E-state index contributed by atoms with van der Waals surface area (Å²) in [7, 11) is 0. The zero-order valence-electron chi connectivity index (χ0n) is 18.5. The quantitative estimate of drug-likeness (QED) is 0.606. The summed E-state index contributed by atoms with van der Waals surface area (Å²) in [6.07, 6.45) is 7.28. The Labute approximate surface area is 183 Å². The lowest BCUT2D eigenvalue weighted by Crippen LogP contribution is -2.46. The van der Waals surface area contributed by atoms with Crippen LogP contribution in [0.4, 0.5) is 0 Å². The summed E-state index contributed by atoms with van der Waals surface area (Å²) < 4.78 is 8.02. The van der Waals surface area contributed by atoms with Crippen molar-refractivity contribution < 1.29 is 4.74 Å². The van der Waals surface area contributed by atoms with E-state index in [1.54, 1.807) is 4.57 Å². The first-order chi connectivity index (χ1) is 15.1. The van der Waals surface area contributed by atoms with Gasteiger partial charge in [0.1, 0.15) is 17.7 Å². The number of piperidine rings is 1. The molecule has 162 valence electrons. The van der Waals surface area contributed by atoms with Crippen LogP contribution in [0.5, 0.6) is 5.75 Å². The fourth-order valence-electron chi connectivity index (χ4n) is 4.92. The van der Waals surface area contributed by atoms with Crippen molar-refractivity contribution >= 4 is 10.9 Å². The fourth-order valence-corrected chi connectivity index (χ4v) is 4.92. The standard InChI is InChI=1S/C26H31N3O2/c1-3-24-27-23-9-4-6-18(2)25(23)26(30)29(24)20-10-12-21(13-11-20)31-22-14-16-28(17-15-22)19-7-5-8-19/h4,6,9-13,19,22H,3,5,7-8,14-17H2,1-2H3. The molecule has 0 radical (unpaired) electrons. The van der Waals surface area contributed by atoms with Gasteiger partial charge in [-0.15, -0.1) is 0 Å². The molecule has 2 aromatic carbocycles. The van der Waals surface area contributed by atoms with Crippen LogP contribution in [-0.4, -0.2) is 39.7 Å². The summed E-state index contributed by atoms with van der Waals surface area (Å²) in [5.41, 5.74) is 2.56. The molecule has 1 aromatic heterocycles. The Bertz CT molecular complexity index is 1120. The van der Waals surface area contributed by atoms with Crippen LogP contribution in [0.2, 0.25) is 0 Å². The molecule has 5 heteroatoms. The molecule has 1 aliphatic carbocycles. The van der Waals surface area contributed by atoms with Crippen molar-refractivity contribution in [1.82, 2.24) is 14.5 Å². The second-order valence-corrected chi connectivity index (χ2v) is 8.92. The van der Waals surface area contributed by atoms with E-state index < -0.39 is 0 Å². The molecule has 0 bridgehead atoms. The summed E-state index contributed by atoms with van der Waals surface area (Å²) in [5.74, 6) is 1.65. The molecule has 3 aromatic rings. The Balaban J connectivity index is 1.35. The lowest BCUT2D eigenvalue weighted by Gasteiger charge is -2.41. The predicted molar refractivity (Wildman–Crippen MR) is 124 cm³/mol. The maximum absolute atomic E-state index is 13.3. The van der Waals surface area contributed by atoms with Crippen LogP contribution in [0.3, 0.4) is 0 Å². The molecule has 0 atom stereocenters. The van der Waals surface area contributed by atoms with E-state index in [2.05, 4.69) is 4.90 Å². The van der Waals surface area contributed by atoms with Crippen molar-refractivity contribution in [2.75, 3.05) is 13.1 Å². The minimum Gasteiger partial charge on any atom is -0.490 e. The predicted octanol–water partition coefficient (Wildman–Crippen LogP) is 4.65. The summed E-state index contributed by atoms with van der Waals surface area (Å²) in [6.45, 7) is 6.29. The van der Waals surface area contributed by atoms with Gasteiger partial charge < -0.3 is 9.64 Å². The van der Waals surface area contributed by atoms with Crippen LogP contribution in [0.25, 0.3) is 16.6 Å². The van der Waals surface area contributed by atoms with E-state index in [1.165, 1.54) is 19.3 Å². The van der Waals surface area contributed by atoms with E-state index in [4.69, 9.17) is 9.72 Å². The maximum atomic E-state index is 13.3. The van der Waals surface area contributed by atoms with Gasteiger partial charge in [-0.2, -0.15) is 0 Å². The third kappa shape index (κ3) is 3.87. The summed E-state index contributed by atoms with van der Waals surface area (Å²) in [4.78, 5) is 20.7. The first-order valence-corrected chi connectivity index (χ1v) is 11.7. The normalized spacial score (nSPS) is 18.3. The van der Waals surface area contributed by atoms with Crippen molar-refractivity contribution in [2.45, 2.75) is 64.5 Å². The molecule has 0 N–H and O–H groups in total. The van der Waals surface area contributed by atoms with E-state index in [0.29, 0.717) is 11.8 Å². The number of likely N-dealkylation sites (tertiary alicyclic amines) is 1. The summed E-state index contributed by atoms with van der Waals surface area (Å²) in [6, 6.07) is 14.6. The van der Waals surface area contributed by atoms with Crippen LogP contribution in [0.1, 0.15) is 50.4 Å². The van der Waals surface area contributed by atoms with Gasteiger partial charge in [-0.25, -0.2) is 4.98 Å². The number of aryl methyl sites for hydroxylation is 2. The monoisotopic (exact) mass is 417 g/mol. The van der Waals surface area contributed by atoms with Gasteiger partial charge in [0.25, 0.3) is 5.56 Å². The van der Waals surface area contributed by atoms with Crippen LogP contribution in [0, 0.1) is 6.92 Å². The summed E-state index contributed by atoms with van der Waals surface area (Å²) >= 11 is 0. The van der Waals surface area contributed by atoms with Crippen LogP contribution >= 0.6 is 0 Å². The Morgan fingerprint density at radius 3 is 2.42 bits per heavy atom. The highest BCUT2D eigenvalue weighted by molar-refractivity contribution is 5.81. The van der Waals surface area contributed by atoms with Gasteiger partial charge >= 0.3 is 0 Å². The van der Waals surface area contributed by atoms with Gasteiger partial charge in [0.05, 0.1) is 16.6 Å². The van der Waals surface area contributed by atoms with E-state index in [-0.39, 0.29) is 11.7 Å². The largest absolute Gasteiger partial charge is 0.490 e. The molecule has 0 unspecified atom stereocenters. The third-order valence-electron chi connectivity index (χ3n) is 6.96. The van der Waals surface area contributed by atoms with E-state index in [0.717, 1.165) is 60.3 Å². The third-order valence-corrected chi connectivity index (χ3v) is 6.96. The molecule has 1 aliphatic heterocycles. The average Bonchev–Trinajstić information content (AvgIpc) is 2.74. The van der Waals surface area contributed by atoms with Crippen molar-refractivity contribution in [3.63, 3.8) is 0 Å². The second kappa shape index (κ2) is 8.46. The molecule has 0 spiro atoms. The number of ether oxygens (including phenoxy) is 1. The number of aromatic nitrogens is 2. The van der Waals surface area contributed by atoms with Crippen LogP contribution < -0.4 is 10.3 Å². The van der Waals surface area contributed by atoms with Crippen molar-refractivity contribution in [1.29, 1.82) is 0 Å². The van der Waals surface area contributed by atoms with Gasteiger partial charge in [-0.05, 0) is 68.5 Å². The molecular weight excluding hydrogens is 386 g/mol. The smallest absolute Gasteiger partial charge is 0.266 e. The molecule has 5 rings (SSSR count). The Kier molecular flexibility index (Phi) is 5.53. The zero-order valence-corrected chi connectivity index (χ0v) is 18.5. The number of nitrogens with zero attached hydrogens (tertiary/aromatic N) is 3. The van der Waals surface area contributed by atoms with Crippen LogP contribution in [-0.2, 0) is 6.42 Å². The number of benzene rings is 2. The highest BCUT2D eigenvalue weighted by atomic mass is 16.5. The highest BCUT2D eigenvalue weighted by Gasteiger charge is 2.29. The zero-order chi connectivity index (χ0) is 21.4. The van der Waals surface area contributed by atoms with Crippen LogP contribution in [0.15, 0.2) is 47.3 Å². The number of rotatable bonds is 5. The second-order valence-electron chi connectivity index (χ2n) is 8.92. The lowest BCUT2D eigenvalue weighted by atomic mass is 9.90. The van der Waals surface area contributed by atoms with Gasteiger partial charge in [-0.3, -0.25) is 9.36 Å². The van der Waals surface area contributed by atoms with Gasteiger partial charge in [0.15, 0.2) is 0 Å². The topological polar surface area (TPSA) is 47.4 Å². The van der Waals surface area contributed by atoms with E-state index >= 15 is 0 Å². The Morgan fingerprint density at radius 1 is 1.03 bits per heavy atom. The first-order valence-electron chi connectivity index (χ1n) is 11.7. The average molecular weight is 418 g/mol. The van der Waals surface area contributed by atoms with Crippen molar-refractivity contribution in [2.24, 2.45) is 0 Å². The Hall–Kier alpha value is -2.66. The molecule has 1 saturated heterocycles. The van der Waals surface area contributed by atoms with E-state index in [9.17, 15) is 4.79 Å². The fraction of sp³-hybridized carbons (Fsp3) is 0.462. The molecule has 2 fully saturated rings. The minimum atomic E-state index is -0.00279. The SMILES string of the molecule is CCc1nc2cccc(C)c2c(=O)n1-c1ccc(OC2CCN(C3CCC3)CC2)cc1. The van der Waals surface area contributed by atoms with E-state index in [1.807, 2.05) is 56.3 Å². The number of fused-ring (bicyclic) bond motifs is 1. The highest BCUT2D eigenvalue weighted by Crippen LogP contribution is 2.29. The maximum Gasteiger partial charge on any atom is 0.266 e. The van der Waals surface area contributed by atoms with Gasteiger partial charge in [-0.1, -0.05) is 25.5 Å². The minimum absolute atomic E-state index is 0.00279. The molecule has 0 amide bonds. The molecule has 1 saturated carbocycles. The molecule has 31 heavy (non-hydrogen) atoms. The molecule has 2 heterocycles. The van der Waals surface area contributed by atoms with Crippen molar-refractivity contribution in [3.05, 3.63) is 64.2 Å². The van der Waals surface area contributed by atoms with Crippen molar-refractivity contribution in [3.8, 4) is 11.4 Å². The van der Waals surface area contributed by atoms with Gasteiger partial charge in [0.2, 0.25) is 0 Å².